The summed E-state index contributed by atoms with van der Waals surface area (Å²) < 4.78 is 0. The molecular weight excluding hydrogens is 252 g/mol. The second-order valence-corrected chi connectivity index (χ2v) is 4.58. The number of carbonyl (C=O) groups is 1. The van der Waals surface area contributed by atoms with E-state index in [9.17, 15) is 4.79 Å². The van der Waals surface area contributed by atoms with Gasteiger partial charge in [0, 0.05) is 24.5 Å². The van der Waals surface area contributed by atoms with Crippen molar-refractivity contribution in [3.63, 3.8) is 0 Å². The van der Waals surface area contributed by atoms with Crippen LogP contribution in [-0.2, 0) is 6.54 Å². The summed E-state index contributed by atoms with van der Waals surface area (Å²) in [6.07, 6.45) is 0. The van der Waals surface area contributed by atoms with Crippen molar-refractivity contribution in [2.45, 2.75) is 13.5 Å². The lowest BCUT2D eigenvalue weighted by atomic mass is 10.1. The predicted molar refractivity (Wildman–Crippen MR) is 81.0 cm³/mol. The van der Waals surface area contributed by atoms with Crippen LogP contribution in [0.15, 0.2) is 48.5 Å². The van der Waals surface area contributed by atoms with Crippen molar-refractivity contribution in [1.29, 1.82) is 0 Å². The van der Waals surface area contributed by atoms with Gasteiger partial charge >= 0.3 is 5.97 Å². The van der Waals surface area contributed by atoms with Gasteiger partial charge in [-0.05, 0) is 30.7 Å². The van der Waals surface area contributed by atoms with Crippen LogP contribution in [0.1, 0.15) is 22.8 Å². The zero-order chi connectivity index (χ0) is 14.5. The predicted octanol–water partition coefficient (Wildman–Crippen LogP) is 2.99. The number of carboxylic acid groups (broad SMARTS) is 1. The van der Waals surface area contributed by atoms with Crippen LogP contribution in [0.3, 0.4) is 0 Å². The summed E-state index contributed by atoms with van der Waals surface area (Å²) in [4.78, 5) is 13.1. The van der Waals surface area contributed by atoms with Gasteiger partial charge in [-0.1, -0.05) is 30.3 Å². The van der Waals surface area contributed by atoms with E-state index < -0.39 is 5.97 Å². The molecule has 0 radical (unpaired) electrons. The van der Waals surface area contributed by atoms with Gasteiger partial charge in [0.05, 0.1) is 5.56 Å². The smallest absolute Gasteiger partial charge is 0.337 e. The van der Waals surface area contributed by atoms with E-state index >= 15 is 0 Å². The normalized spacial score (nSPS) is 10.2. The maximum atomic E-state index is 11.0. The minimum absolute atomic E-state index is 0.143. The Labute approximate surface area is 118 Å². The molecule has 0 saturated heterocycles. The van der Waals surface area contributed by atoms with Gasteiger partial charge in [-0.25, -0.2) is 4.79 Å². The van der Waals surface area contributed by atoms with E-state index in [1.165, 1.54) is 5.56 Å². The first-order valence-corrected chi connectivity index (χ1v) is 6.53. The molecule has 0 bridgehead atoms. The monoisotopic (exact) mass is 270 g/mol. The highest BCUT2D eigenvalue weighted by Crippen LogP contribution is 2.23. The highest BCUT2D eigenvalue weighted by molar-refractivity contribution is 5.94. The zero-order valence-electron chi connectivity index (χ0n) is 11.4. The molecule has 104 valence electrons. The van der Waals surface area contributed by atoms with Gasteiger partial charge in [0.15, 0.2) is 0 Å². The Bertz CT molecular complexity index is 597. The Morgan fingerprint density at radius 1 is 1.20 bits per heavy atom. The molecule has 4 nitrogen and oxygen atoms in total. The third-order valence-corrected chi connectivity index (χ3v) is 3.23. The molecule has 2 aromatic rings. The molecule has 4 heteroatoms. The van der Waals surface area contributed by atoms with Crippen LogP contribution >= 0.6 is 0 Å². The average Bonchev–Trinajstić information content (AvgIpc) is 2.45. The van der Waals surface area contributed by atoms with Crippen molar-refractivity contribution < 1.29 is 9.90 Å². The van der Waals surface area contributed by atoms with Gasteiger partial charge in [0.25, 0.3) is 0 Å². The minimum atomic E-state index is -1.000. The van der Waals surface area contributed by atoms with Gasteiger partial charge < -0.3 is 15.7 Å². The second-order valence-electron chi connectivity index (χ2n) is 4.58. The first kappa shape index (κ1) is 13.9. The number of nitrogen functional groups attached to an aromatic ring is 1. The summed E-state index contributed by atoms with van der Waals surface area (Å²) in [6.45, 7) is 3.65. The number of carboxylic acids is 1. The Morgan fingerprint density at radius 3 is 2.45 bits per heavy atom. The van der Waals surface area contributed by atoms with E-state index in [2.05, 4.69) is 24.0 Å². The number of aromatic carboxylic acids is 1. The van der Waals surface area contributed by atoms with Crippen LogP contribution in [0.2, 0.25) is 0 Å². The van der Waals surface area contributed by atoms with Gasteiger partial charge in [-0.15, -0.1) is 0 Å². The van der Waals surface area contributed by atoms with Crippen molar-refractivity contribution in [3.8, 4) is 0 Å². The molecule has 2 aromatic carbocycles. The molecule has 2 rings (SSSR count). The topological polar surface area (TPSA) is 66.6 Å². The summed E-state index contributed by atoms with van der Waals surface area (Å²) in [5.74, 6) is -1.000. The Balaban J connectivity index is 2.24. The van der Waals surface area contributed by atoms with Crippen LogP contribution in [0.5, 0.6) is 0 Å². The van der Waals surface area contributed by atoms with Crippen molar-refractivity contribution in [2.24, 2.45) is 0 Å². The van der Waals surface area contributed by atoms with Crippen molar-refractivity contribution in [1.82, 2.24) is 0 Å². The van der Waals surface area contributed by atoms with E-state index in [4.69, 9.17) is 10.8 Å². The Morgan fingerprint density at radius 2 is 1.90 bits per heavy atom. The van der Waals surface area contributed by atoms with E-state index in [1.807, 2.05) is 18.2 Å². The van der Waals surface area contributed by atoms with E-state index in [0.29, 0.717) is 5.69 Å². The number of anilines is 2. The number of benzene rings is 2. The molecular formula is C16H18N2O2. The number of hydrogen-bond acceptors (Lipinski definition) is 3. The largest absolute Gasteiger partial charge is 0.478 e. The lowest BCUT2D eigenvalue weighted by Crippen LogP contribution is -2.22. The fourth-order valence-corrected chi connectivity index (χ4v) is 2.13. The molecule has 0 fully saturated rings. The zero-order valence-corrected chi connectivity index (χ0v) is 11.4. The van der Waals surface area contributed by atoms with Crippen LogP contribution < -0.4 is 10.6 Å². The molecule has 3 N–H and O–H groups in total. The third kappa shape index (κ3) is 3.09. The maximum absolute atomic E-state index is 11.0. The molecule has 0 unspecified atom stereocenters. The molecule has 0 aliphatic rings. The quantitative estimate of drug-likeness (QED) is 0.820. The molecule has 0 heterocycles. The number of nitrogens with two attached hydrogens (primary N) is 1. The minimum Gasteiger partial charge on any atom is -0.478 e. The van der Waals surface area contributed by atoms with E-state index in [1.54, 1.807) is 18.2 Å². The summed E-state index contributed by atoms with van der Waals surface area (Å²) in [5, 5.41) is 8.99. The summed E-state index contributed by atoms with van der Waals surface area (Å²) in [5.41, 5.74) is 8.37. The van der Waals surface area contributed by atoms with E-state index in [-0.39, 0.29) is 5.56 Å². The van der Waals surface area contributed by atoms with Gasteiger partial charge in [-0.2, -0.15) is 0 Å². The Kier molecular flexibility index (Phi) is 4.25. The van der Waals surface area contributed by atoms with Crippen molar-refractivity contribution in [3.05, 3.63) is 59.7 Å². The SMILES string of the molecule is CCN(Cc1ccccc1)c1ccc(C(=O)O)c(N)c1. The van der Waals surface area contributed by atoms with Crippen LogP contribution in [-0.4, -0.2) is 17.6 Å². The molecule has 0 aliphatic heterocycles. The van der Waals surface area contributed by atoms with E-state index in [0.717, 1.165) is 18.8 Å². The lowest BCUT2D eigenvalue weighted by molar-refractivity contribution is 0.0698. The summed E-state index contributed by atoms with van der Waals surface area (Å²) >= 11 is 0. The van der Waals surface area contributed by atoms with Gasteiger partial charge in [0.2, 0.25) is 0 Å². The van der Waals surface area contributed by atoms with Crippen LogP contribution in [0.25, 0.3) is 0 Å². The Hall–Kier alpha value is -2.49. The molecule has 0 amide bonds. The average molecular weight is 270 g/mol. The molecule has 0 spiro atoms. The number of hydrogen-bond donors (Lipinski definition) is 2. The first-order chi connectivity index (χ1) is 9.61. The maximum Gasteiger partial charge on any atom is 0.337 e. The fourth-order valence-electron chi connectivity index (χ4n) is 2.13. The summed E-state index contributed by atoms with van der Waals surface area (Å²) in [6, 6.07) is 15.2. The standard InChI is InChI=1S/C16H18N2O2/c1-2-18(11-12-6-4-3-5-7-12)13-8-9-14(16(19)20)15(17)10-13/h3-10H,2,11,17H2,1H3,(H,19,20). The molecule has 0 aromatic heterocycles. The highest BCUT2D eigenvalue weighted by Gasteiger charge is 2.11. The van der Waals surface area contributed by atoms with Crippen molar-refractivity contribution in [2.75, 3.05) is 17.2 Å². The molecule has 0 saturated carbocycles. The lowest BCUT2D eigenvalue weighted by Gasteiger charge is -2.24. The summed E-state index contributed by atoms with van der Waals surface area (Å²) in [7, 11) is 0. The molecule has 0 atom stereocenters. The first-order valence-electron chi connectivity index (χ1n) is 6.53. The third-order valence-electron chi connectivity index (χ3n) is 3.23. The highest BCUT2D eigenvalue weighted by atomic mass is 16.4. The van der Waals surface area contributed by atoms with Gasteiger partial charge in [0.1, 0.15) is 0 Å². The van der Waals surface area contributed by atoms with Crippen LogP contribution in [0.4, 0.5) is 11.4 Å². The fraction of sp³-hybridized carbons (Fsp3) is 0.188. The van der Waals surface area contributed by atoms with Crippen molar-refractivity contribution >= 4 is 17.3 Å². The number of nitrogens with zero attached hydrogens (tertiary/aromatic N) is 1. The second kappa shape index (κ2) is 6.10. The number of rotatable bonds is 5. The van der Waals surface area contributed by atoms with Crippen LogP contribution in [0, 0.1) is 0 Å². The molecule has 20 heavy (non-hydrogen) atoms. The molecule has 0 aliphatic carbocycles. The van der Waals surface area contributed by atoms with Gasteiger partial charge in [-0.3, -0.25) is 0 Å².